The fraction of sp³-hybridized carbons (Fsp3) is 0.0952. The van der Waals surface area contributed by atoms with Crippen molar-refractivity contribution in [1.82, 2.24) is 10.3 Å². The number of pyridine rings is 1. The zero-order chi connectivity index (χ0) is 23.3. The third-order valence-electron chi connectivity index (χ3n) is 4.07. The van der Waals surface area contributed by atoms with Gasteiger partial charge in [-0.05, 0) is 60.7 Å². The largest absolute Gasteiger partial charge is 0.457 e. The quantitative estimate of drug-likeness (QED) is 0.406. The number of halogens is 4. The normalized spacial score (nSPS) is 10.9. The van der Waals surface area contributed by atoms with E-state index in [9.17, 15) is 18.0 Å². The summed E-state index contributed by atoms with van der Waals surface area (Å²) in [5, 5.41) is 7.75. The highest BCUT2D eigenvalue weighted by Crippen LogP contribution is 2.36. The van der Waals surface area contributed by atoms with E-state index in [1.54, 1.807) is 30.3 Å². The molecule has 0 aliphatic heterocycles. The van der Waals surface area contributed by atoms with E-state index in [1.165, 1.54) is 25.4 Å². The highest BCUT2D eigenvalue weighted by Gasteiger charge is 2.33. The van der Waals surface area contributed by atoms with Gasteiger partial charge in [0.05, 0.1) is 10.6 Å². The Kier molecular flexibility index (Phi) is 7.16. The molecule has 6 nitrogen and oxygen atoms in total. The van der Waals surface area contributed by atoms with E-state index in [-0.39, 0.29) is 22.4 Å². The SMILES string of the molecule is CNC(=O)c1cc(Oc2ccc(NC(=S)Nc3ccc(Cl)c(C(F)(F)F)c3)cc2)ccn1. The van der Waals surface area contributed by atoms with E-state index >= 15 is 0 Å². The van der Waals surface area contributed by atoms with Gasteiger partial charge in [-0.15, -0.1) is 0 Å². The maximum absolute atomic E-state index is 13.0. The van der Waals surface area contributed by atoms with Crippen molar-refractivity contribution in [2.75, 3.05) is 17.7 Å². The van der Waals surface area contributed by atoms with Crippen LogP contribution in [0, 0.1) is 0 Å². The molecule has 0 unspecified atom stereocenters. The first-order valence-corrected chi connectivity index (χ1v) is 9.85. The fourth-order valence-corrected chi connectivity index (χ4v) is 3.04. The smallest absolute Gasteiger partial charge is 0.417 e. The van der Waals surface area contributed by atoms with E-state index in [1.807, 2.05) is 0 Å². The van der Waals surface area contributed by atoms with Crippen molar-refractivity contribution in [2.24, 2.45) is 0 Å². The predicted molar refractivity (Wildman–Crippen MR) is 120 cm³/mol. The molecular weight excluding hydrogens is 465 g/mol. The molecule has 0 radical (unpaired) electrons. The summed E-state index contributed by atoms with van der Waals surface area (Å²) in [5.41, 5.74) is -0.0100. The van der Waals surface area contributed by atoms with Crippen LogP contribution in [0.5, 0.6) is 11.5 Å². The van der Waals surface area contributed by atoms with E-state index < -0.39 is 16.8 Å². The number of aromatic nitrogens is 1. The summed E-state index contributed by atoms with van der Waals surface area (Å²) >= 11 is 10.8. The molecular formula is C21H16ClF3N4O2S. The number of nitrogens with zero attached hydrogens (tertiary/aromatic N) is 1. The molecule has 3 N–H and O–H groups in total. The second-order valence-electron chi connectivity index (χ2n) is 6.35. The van der Waals surface area contributed by atoms with Gasteiger partial charge in [-0.2, -0.15) is 13.2 Å². The molecule has 0 aliphatic carbocycles. The highest BCUT2D eigenvalue weighted by molar-refractivity contribution is 7.80. The van der Waals surface area contributed by atoms with Crippen LogP contribution in [0.1, 0.15) is 16.1 Å². The van der Waals surface area contributed by atoms with E-state index in [0.717, 1.165) is 12.1 Å². The third kappa shape index (κ3) is 6.08. The number of hydrogen-bond acceptors (Lipinski definition) is 4. The van der Waals surface area contributed by atoms with Gasteiger partial charge in [0.25, 0.3) is 5.91 Å². The van der Waals surface area contributed by atoms with Crippen molar-refractivity contribution in [2.45, 2.75) is 6.18 Å². The summed E-state index contributed by atoms with van der Waals surface area (Å²) in [6.45, 7) is 0. The number of hydrogen-bond donors (Lipinski definition) is 3. The number of nitrogens with one attached hydrogen (secondary N) is 3. The number of alkyl halides is 3. The van der Waals surface area contributed by atoms with Gasteiger partial charge < -0.3 is 20.7 Å². The predicted octanol–water partition coefficient (Wildman–Crippen LogP) is 5.71. The zero-order valence-electron chi connectivity index (χ0n) is 16.5. The fourth-order valence-electron chi connectivity index (χ4n) is 2.58. The van der Waals surface area contributed by atoms with Crippen molar-refractivity contribution < 1.29 is 22.7 Å². The van der Waals surface area contributed by atoms with E-state index in [4.69, 9.17) is 28.6 Å². The van der Waals surface area contributed by atoms with Crippen LogP contribution in [-0.4, -0.2) is 23.1 Å². The summed E-state index contributed by atoms with van der Waals surface area (Å²) in [5.74, 6) is 0.592. The number of carbonyl (C=O) groups is 1. The van der Waals surface area contributed by atoms with Crippen molar-refractivity contribution >= 4 is 46.2 Å². The zero-order valence-corrected chi connectivity index (χ0v) is 18.0. The lowest BCUT2D eigenvalue weighted by molar-refractivity contribution is -0.137. The molecule has 3 aromatic rings. The van der Waals surface area contributed by atoms with Crippen LogP contribution in [0.3, 0.4) is 0 Å². The topological polar surface area (TPSA) is 75.3 Å². The van der Waals surface area contributed by atoms with Gasteiger partial charge in [-0.3, -0.25) is 9.78 Å². The minimum atomic E-state index is -4.57. The Labute approximate surface area is 191 Å². The Morgan fingerprint density at radius 3 is 2.31 bits per heavy atom. The Hall–Kier alpha value is -3.37. The standard InChI is InChI=1S/C21H16ClF3N4O2S/c1-26-19(30)18-11-15(8-9-27-18)31-14-5-2-12(3-6-14)28-20(32)29-13-4-7-17(22)16(10-13)21(23,24)25/h2-11H,1H3,(H,26,30)(H2,28,29,32). The van der Waals surface area contributed by atoms with Gasteiger partial charge in [0.2, 0.25) is 0 Å². The Bertz CT molecular complexity index is 1140. The molecule has 0 atom stereocenters. The molecule has 2 aromatic carbocycles. The summed E-state index contributed by atoms with van der Waals surface area (Å²) in [7, 11) is 1.50. The van der Waals surface area contributed by atoms with Crippen LogP contribution >= 0.6 is 23.8 Å². The Balaban J connectivity index is 1.62. The summed E-state index contributed by atoms with van der Waals surface area (Å²) < 4.78 is 44.7. The number of thiocarbonyl (C=S) groups is 1. The van der Waals surface area contributed by atoms with Gasteiger partial charge in [-0.1, -0.05) is 11.6 Å². The highest BCUT2D eigenvalue weighted by atomic mass is 35.5. The molecule has 166 valence electrons. The summed E-state index contributed by atoms with van der Waals surface area (Å²) in [6.07, 6.45) is -3.11. The second-order valence-corrected chi connectivity index (χ2v) is 7.17. The van der Waals surface area contributed by atoms with Crippen molar-refractivity contribution in [3.05, 3.63) is 77.1 Å². The third-order valence-corrected chi connectivity index (χ3v) is 4.60. The van der Waals surface area contributed by atoms with Gasteiger partial charge in [-0.25, -0.2) is 0 Å². The number of carbonyl (C=O) groups excluding carboxylic acids is 1. The van der Waals surface area contributed by atoms with Crippen LogP contribution in [0.25, 0.3) is 0 Å². The van der Waals surface area contributed by atoms with Crippen molar-refractivity contribution in [3.63, 3.8) is 0 Å². The molecule has 1 heterocycles. The van der Waals surface area contributed by atoms with Crippen LogP contribution in [0.15, 0.2) is 60.8 Å². The number of amides is 1. The van der Waals surface area contributed by atoms with Crippen LogP contribution < -0.4 is 20.7 Å². The van der Waals surface area contributed by atoms with Gasteiger partial charge >= 0.3 is 6.18 Å². The summed E-state index contributed by atoms with van der Waals surface area (Å²) in [6, 6.07) is 13.2. The van der Waals surface area contributed by atoms with E-state index in [0.29, 0.717) is 17.2 Å². The Morgan fingerprint density at radius 1 is 1.00 bits per heavy atom. The number of anilines is 2. The van der Waals surface area contributed by atoms with Gasteiger partial charge in [0.1, 0.15) is 17.2 Å². The molecule has 11 heteroatoms. The van der Waals surface area contributed by atoms with Gasteiger partial charge in [0.15, 0.2) is 5.11 Å². The second kappa shape index (κ2) is 9.84. The number of benzene rings is 2. The molecule has 0 saturated heterocycles. The number of rotatable bonds is 5. The van der Waals surface area contributed by atoms with E-state index in [2.05, 4.69) is 20.9 Å². The first kappa shape index (κ1) is 23.3. The lowest BCUT2D eigenvalue weighted by atomic mass is 10.2. The minimum absolute atomic E-state index is 0.0958. The molecule has 1 amide bonds. The average molecular weight is 481 g/mol. The van der Waals surface area contributed by atoms with Gasteiger partial charge in [0, 0.05) is 30.7 Å². The minimum Gasteiger partial charge on any atom is -0.457 e. The monoisotopic (exact) mass is 480 g/mol. The van der Waals surface area contributed by atoms with Crippen molar-refractivity contribution in [3.8, 4) is 11.5 Å². The maximum atomic E-state index is 13.0. The molecule has 32 heavy (non-hydrogen) atoms. The number of ether oxygens (including phenoxy) is 1. The van der Waals surface area contributed by atoms with Crippen LogP contribution in [-0.2, 0) is 6.18 Å². The van der Waals surface area contributed by atoms with Crippen molar-refractivity contribution in [1.29, 1.82) is 0 Å². The maximum Gasteiger partial charge on any atom is 0.417 e. The molecule has 0 spiro atoms. The molecule has 0 bridgehead atoms. The molecule has 3 rings (SSSR count). The molecule has 0 fully saturated rings. The van der Waals surface area contributed by atoms with Crippen LogP contribution in [0.4, 0.5) is 24.5 Å². The lowest BCUT2D eigenvalue weighted by Gasteiger charge is -2.14. The Morgan fingerprint density at radius 2 is 1.66 bits per heavy atom. The van der Waals surface area contributed by atoms with Crippen LogP contribution in [0.2, 0.25) is 5.02 Å². The molecule has 0 saturated carbocycles. The molecule has 0 aliphatic rings. The average Bonchev–Trinajstić information content (AvgIpc) is 2.75. The molecule has 1 aromatic heterocycles. The first-order valence-electron chi connectivity index (χ1n) is 9.06. The lowest BCUT2D eigenvalue weighted by Crippen LogP contribution is -2.19. The summed E-state index contributed by atoms with van der Waals surface area (Å²) in [4.78, 5) is 15.6. The first-order chi connectivity index (χ1) is 15.2.